The van der Waals surface area contributed by atoms with Crippen LogP contribution in [0.4, 0.5) is 4.79 Å². The van der Waals surface area contributed by atoms with Crippen molar-refractivity contribution in [2.24, 2.45) is 5.92 Å². The molecule has 1 aromatic carbocycles. The summed E-state index contributed by atoms with van der Waals surface area (Å²) in [4.78, 5) is 10.8. The van der Waals surface area contributed by atoms with E-state index in [0.717, 1.165) is 19.5 Å². The molecular weight excluding hydrogens is 266 g/mol. The zero-order chi connectivity index (χ0) is 14.7. The molecule has 2 fully saturated rings. The molecule has 2 aliphatic heterocycles. The van der Waals surface area contributed by atoms with E-state index in [1.54, 1.807) is 0 Å². The van der Waals surface area contributed by atoms with Crippen LogP contribution in [0.1, 0.15) is 24.3 Å². The summed E-state index contributed by atoms with van der Waals surface area (Å²) in [5, 5.41) is 16.3. The Kier molecular flexibility index (Phi) is 4.41. The number of hydrazine groups is 1. The lowest BCUT2D eigenvalue weighted by Gasteiger charge is -2.47. The van der Waals surface area contributed by atoms with Crippen molar-refractivity contribution in [2.45, 2.75) is 18.8 Å². The van der Waals surface area contributed by atoms with Crippen LogP contribution in [-0.4, -0.2) is 53.9 Å². The van der Waals surface area contributed by atoms with Crippen molar-refractivity contribution in [1.82, 2.24) is 15.3 Å². The summed E-state index contributed by atoms with van der Waals surface area (Å²) in [5.74, 6) is 0.772. The Morgan fingerprint density at radius 1 is 1.19 bits per heavy atom. The molecule has 0 radical (unpaired) electrons. The Balaban J connectivity index is 1.71. The smallest absolute Gasteiger partial charge is 0.404 e. The van der Waals surface area contributed by atoms with Gasteiger partial charge in [0.15, 0.2) is 0 Å². The number of carboxylic acid groups (broad SMARTS) is 1. The molecule has 21 heavy (non-hydrogen) atoms. The molecule has 5 nitrogen and oxygen atoms in total. The first kappa shape index (κ1) is 14.4. The second kappa shape index (κ2) is 6.45. The third-order valence-electron chi connectivity index (χ3n) is 4.71. The Labute approximate surface area is 125 Å². The van der Waals surface area contributed by atoms with Gasteiger partial charge in [0.05, 0.1) is 0 Å². The number of piperidine rings is 1. The average molecular weight is 289 g/mol. The van der Waals surface area contributed by atoms with E-state index in [-0.39, 0.29) is 0 Å². The zero-order valence-corrected chi connectivity index (χ0v) is 12.2. The fraction of sp³-hybridized carbons (Fsp3) is 0.562. The number of hydrogen-bond donors (Lipinski definition) is 2. The van der Waals surface area contributed by atoms with Crippen molar-refractivity contribution < 1.29 is 9.90 Å². The lowest BCUT2D eigenvalue weighted by molar-refractivity contribution is -0.0961. The van der Waals surface area contributed by atoms with E-state index < -0.39 is 6.09 Å². The van der Waals surface area contributed by atoms with Crippen LogP contribution >= 0.6 is 0 Å². The van der Waals surface area contributed by atoms with Gasteiger partial charge in [-0.05, 0) is 24.3 Å². The maximum atomic E-state index is 10.8. The van der Waals surface area contributed by atoms with Gasteiger partial charge < -0.3 is 10.4 Å². The van der Waals surface area contributed by atoms with Crippen molar-refractivity contribution in [2.75, 3.05) is 32.7 Å². The first-order valence-corrected chi connectivity index (χ1v) is 7.75. The number of nitrogens with zero attached hydrogens (tertiary/aromatic N) is 2. The van der Waals surface area contributed by atoms with Gasteiger partial charge in [-0.15, -0.1) is 0 Å². The fourth-order valence-corrected chi connectivity index (χ4v) is 3.36. The highest BCUT2D eigenvalue weighted by Crippen LogP contribution is 2.33. The second-order valence-electron chi connectivity index (χ2n) is 5.97. The van der Waals surface area contributed by atoms with Crippen molar-refractivity contribution >= 4 is 6.09 Å². The Hall–Kier alpha value is -1.59. The number of hydrogen-bond acceptors (Lipinski definition) is 3. The molecule has 2 atom stereocenters. The van der Waals surface area contributed by atoms with Gasteiger partial charge in [-0.25, -0.2) is 14.8 Å². The van der Waals surface area contributed by atoms with Crippen LogP contribution in [0.15, 0.2) is 30.3 Å². The molecule has 0 spiro atoms. The Bertz CT molecular complexity index is 476. The predicted octanol–water partition coefficient (Wildman–Crippen LogP) is 1.98. The molecule has 0 bridgehead atoms. The van der Waals surface area contributed by atoms with Gasteiger partial charge in [-0.1, -0.05) is 30.3 Å². The largest absolute Gasteiger partial charge is 0.465 e. The molecule has 0 saturated carbocycles. The van der Waals surface area contributed by atoms with E-state index in [4.69, 9.17) is 5.11 Å². The number of amides is 1. The summed E-state index contributed by atoms with van der Waals surface area (Å²) in [7, 11) is 0. The summed E-state index contributed by atoms with van der Waals surface area (Å²) >= 11 is 0. The summed E-state index contributed by atoms with van der Waals surface area (Å²) < 4.78 is 0. The minimum Gasteiger partial charge on any atom is -0.465 e. The monoisotopic (exact) mass is 289 g/mol. The van der Waals surface area contributed by atoms with Crippen LogP contribution < -0.4 is 5.32 Å². The maximum Gasteiger partial charge on any atom is 0.404 e. The third kappa shape index (κ3) is 3.36. The van der Waals surface area contributed by atoms with Gasteiger partial charge in [0.1, 0.15) is 0 Å². The lowest BCUT2D eigenvalue weighted by Crippen LogP contribution is -2.55. The van der Waals surface area contributed by atoms with Crippen LogP contribution in [0.5, 0.6) is 0 Å². The topological polar surface area (TPSA) is 55.8 Å². The molecule has 2 N–H and O–H groups in total. The number of benzene rings is 1. The quantitative estimate of drug-likeness (QED) is 0.890. The Morgan fingerprint density at radius 3 is 2.57 bits per heavy atom. The van der Waals surface area contributed by atoms with Crippen LogP contribution in [0, 0.1) is 5.92 Å². The number of carbonyl (C=O) groups is 1. The molecule has 2 aliphatic rings. The van der Waals surface area contributed by atoms with Crippen molar-refractivity contribution in [1.29, 1.82) is 0 Å². The molecule has 1 amide bonds. The summed E-state index contributed by atoms with van der Waals surface area (Å²) in [6.45, 7) is 4.91. The number of nitrogens with one attached hydrogen (secondary N) is 1. The minimum absolute atomic E-state index is 0.376. The molecule has 2 heterocycles. The SMILES string of the molecule is O=C(O)NCC1CCN(N2CCC2)CC1c1ccccc1. The first-order valence-electron chi connectivity index (χ1n) is 7.75. The molecule has 0 aliphatic carbocycles. The van der Waals surface area contributed by atoms with E-state index >= 15 is 0 Å². The molecule has 114 valence electrons. The van der Waals surface area contributed by atoms with E-state index in [9.17, 15) is 4.79 Å². The zero-order valence-electron chi connectivity index (χ0n) is 12.2. The van der Waals surface area contributed by atoms with Gasteiger partial charge in [0.25, 0.3) is 0 Å². The second-order valence-corrected chi connectivity index (χ2v) is 5.97. The van der Waals surface area contributed by atoms with E-state index in [1.807, 2.05) is 6.07 Å². The van der Waals surface area contributed by atoms with Gasteiger partial charge in [0, 0.05) is 38.6 Å². The van der Waals surface area contributed by atoms with Crippen molar-refractivity contribution in [3.63, 3.8) is 0 Å². The molecule has 3 rings (SSSR count). The maximum absolute atomic E-state index is 10.8. The summed E-state index contributed by atoms with van der Waals surface area (Å²) in [6.07, 6.45) is 1.40. The van der Waals surface area contributed by atoms with E-state index in [0.29, 0.717) is 18.4 Å². The van der Waals surface area contributed by atoms with Crippen LogP contribution in [0.2, 0.25) is 0 Å². The summed E-state index contributed by atoms with van der Waals surface area (Å²) in [6, 6.07) is 10.5. The van der Waals surface area contributed by atoms with E-state index in [1.165, 1.54) is 25.1 Å². The standard InChI is InChI=1S/C16H23N3O2/c20-16(21)17-11-14-7-10-19(18-8-4-9-18)12-15(14)13-5-2-1-3-6-13/h1-3,5-6,14-15,17H,4,7-12H2,(H,20,21). The third-order valence-corrected chi connectivity index (χ3v) is 4.71. The molecule has 2 unspecified atom stereocenters. The minimum atomic E-state index is -0.924. The van der Waals surface area contributed by atoms with Crippen LogP contribution in [0.3, 0.4) is 0 Å². The highest BCUT2D eigenvalue weighted by atomic mass is 16.4. The lowest BCUT2D eigenvalue weighted by atomic mass is 9.81. The fourth-order valence-electron chi connectivity index (χ4n) is 3.36. The number of rotatable bonds is 4. The van der Waals surface area contributed by atoms with Gasteiger partial charge in [0.2, 0.25) is 0 Å². The normalized spacial score (nSPS) is 27.0. The van der Waals surface area contributed by atoms with Gasteiger partial charge in [-0.3, -0.25) is 0 Å². The highest BCUT2D eigenvalue weighted by molar-refractivity contribution is 5.64. The van der Waals surface area contributed by atoms with Crippen molar-refractivity contribution in [3.05, 3.63) is 35.9 Å². The molecular formula is C16H23N3O2. The van der Waals surface area contributed by atoms with Crippen LogP contribution in [-0.2, 0) is 0 Å². The molecule has 5 heteroatoms. The van der Waals surface area contributed by atoms with Gasteiger partial charge in [-0.2, -0.15) is 0 Å². The summed E-state index contributed by atoms with van der Waals surface area (Å²) in [5.41, 5.74) is 1.32. The van der Waals surface area contributed by atoms with Gasteiger partial charge >= 0.3 is 6.09 Å². The highest BCUT2D eigenvalue weighted by Gasteiger charge is 2.34. The first-order chi connectivity index (χ1) is 10.2. The van der Waals surface area contributed by atoms with Crippen LogP contribution in [0.25, 0.3) is 0 Å². The van der Waals surface area contributed by atoms with E-state index in [2.05, 4.69) is 39.6 Å². The molecule has 2 saturated heterocycles. The molecule has 1 aromatic rings. The van der Waals surface area contributed by atoms with Crippen molar-refractivity contribution in [3.8, 4) is 0 Å². The Morgan fingerprint density at radius 2 is 1.95 bits per heavy atom. The predicted molar refractivity (Wildman–Crippen MR) is 81.1 cm³/mol. The molecule has 0 aromatic heterocycles. The average Bonchev–Trinajstić information content (AvgIpc) is 2.45.